The van der Waals surface area contributed by atoms with Crippen LogP contribution in [0.25, 0.3) is 0 Å². The van der Waals surface area contributed by atoms with Gasteiger partial charge in [0.2, 0.25) is 11.8 Å². The topological polar surface area (TPSA) is 114 Å². The molecule has 0 saturated carbocycles. The van der Waals surface area contributed by atoms with E-state index in [0.29, 0.717) is 17.7 Å². The summed E-state index contributed by atoms with van der Waals surface area (Å²) < 4.78 is 0. The summed E-state index contributed by atoms with van der Waals surface area (Å²) in [6.07, 6.45) is 0.405. The Bertz CT molecular complexity index is 654. The van der Waals surface area contributed by atoms with E-state index in [2.05, 4.69) is 15.8 Å². The largest absolute Gasteiger partial charge is 0.321 e. The van der Waals surface area contributed by atoms with Gasteiger partial charge in [0.25, 0.3) is 5.69 Å². The van der Waals surface area contributed by atoms with Crippen molar-refractivity contribution in [3.8, 4) is 0 Å². The van der Waals surface area contributed by atoms with E-state index in [1.54, 1.807) is 13.0 Å². The third kappa shape index (κ3) is 3.22. The first-order valence-electron chi connectivity index (χ1n) is 6.31. The molecule has 0 fully saturated rings. The number of hydrogen-bond acceptors (Lipinski definition) is 5. The molecule has 1 aromatic rings. The Labute approximate surface area is 120 Å². The van der Waals surface area contributed by atoms with Gasteiger partial charge in [0.05, 0.1) is 10.6 Å². The van der Waals surface area contributed by atoms with Gasteiger partial charge >= 0.3 is 0 Å². The van der Waals surface area contributed by atoms with Gasteiger partial charge in [-0.1, -0.05) is 13.0 Å². The molecule has 1 atom stereocenters. The van der Waals surface area contributed by atoms with E-state index >= 15 is 0 Å². The number of nitrogens with one attached hydrogen (secondary N) is 2. The quantitative estimate of drug-likeness (QED) is 0.647. The van der Waals surface area contributed by atoms with Gasteiger partial charge in [0, 0.05) is 30.9 Å². The minimum atomic E-state index is -0.569. The second kappa shape index (κ2) is 5.70. The van der Waals surface area contributed by atoms with Crippen molar-refractivity contribution in [1.82, 2.24) is 5.43 Å². The standard InChI is InChI=1S/C13H14N4O4/c1-7-5-11(15-16-13(7)19)9-3-4-10(14-8(2)18)12(6-9)17(20)21/h3-4,6-7H,5H2,1-2H3,(H,14,18)(H,16,19). The highest BCUT2D eigenvalue weighted by atomic mass is 16.6. The predicted octanol–water partition coefficient (Wildman–Crippen LogP) is 1.41. The van der Waals surface area contributed by atoms with Crippen LogP contribution in [0.2, 0.25) is 0 Å². The normalized spacial score (nSPS) is 17.7. The molecule has 2 amide bonds. The fourth-order valence-electron chi connectivity index (χ4n) is 2.00. The molecule has 0 aliphatic carbocycles. The number of nitrogens with zero attached hydrogens (tertiary/aromatic N) is 2. The number of benzene rings is 1. The molecule has 110 valence electrons. The maximum Gasteiger partial charge on any atom is 0.293 e. The Morgan fingerprint density at radius 1 is 1.52 bits per heavy atom. The summed E-state index contributed by atoms with van der Waals surface area (Å²) in [6, 6.07) is 4.42. The maximum absolute atomic E-state index is 11.3. The molecule has 2 N–H and O–H groups in total. The van der Waals surface area contributed by atoms with Crippen LogP contribution in [0.3, 0.4) is 0 Å². The number of carbonyl (C=O) groups excluding carboxylic acids is 2. The summed E-state index contributed by atoms with van der Waals surface area (Å²) >= 11 is 0. The first-order chi connectivity index (χ1) is 9.88. The molecule has 0 aromatic heterocycles. The van der Waals surface area contributed by atoms with Gasteiger partial charge < -0.3 is 5.32 Å². The molecule has 0 radical (unpaired) electrons. The average molecular weight is 290 g/mol. The molecule has 8 nitrogen and oxygen atoms in total. The predicted molar refractivity (Wildman–Crippen MR) is 75.9 cm³/mol. The van der Waals surface area contributed by atoms with E-state index in [-0.39, 0.29) is 29.1 Å². The summed E-state index contributed by atoms with van der Waals surface area (Å²) in [7, 11) is 0. The van der Waals surface area contributed by atoms with Crippen molar-refractivity contribution in [2.75, 3.05) is 5.32 Å². The van der Waals surface area contributed by atoms with Crippen LogP contribution < -0.4 is 10.7 Å². The van der Waals surface area contributed by atoms with E-state index in [1.165, 1.54) is 19.1 Å². The second-order valence-electron chi connectivity index (χ2n) is 4.81. The van der Waals surface area contributed by atoms with E-state index in [0.717, 1.165) is 0 Å². The van der Waals surface area contributed by atoms with Crippen LogP contribution in [0, 0.1) is 16.0 Å². The zero-order valence-electron chi connectivity index (χ0n) is 11.5. The lowest BCUT2D eigenvalue weighted by Gasteiger charge is -2.18. The van der Waals surface area contributed by atoms with E-state index < -0.39 is 4.92 Å². The Hall–Kier alpha value is -2.77. The zero-order chi connectivity index (χ0) is 15.6. The molecule has 21 heavy (non-hydrogen) atoms. The van der Waals surface area contributed by atoms with Crippen molar-refractivity contribution in [2.24, 2.45) is 11.0 Å². The molecule has 1 unspecified atom stereocenters. The van der Waals surface area contributed by atoms with Gasteiger partial charge in [0.15, 0.2) is 0 Å². The number of carbonyl (C=O) groups is 2. The molecule has 8 heteroatoms. The summed E-state index contributed by atoms with van der Waals surface area (Å²) in [5.41, 5.74) is 3.41. The number of anilines is 1. The lowest BCUT2D eigenvalue weighted by Crippen LogP contribution is -2.33. The molecular weight excluding hydrogens is 276 g/mol. The fourth-order valence-corrected chi connectivity index (χ4v) is 2.00. The highest BCUT2D eigenvalue weighted by Gasteiger charge is 2.23. The van der Waals surface area contributed by atoms with Gasteiger partial charge in [0.1, 0.15) is 5.69 Å². The summed E-state index contributed by atoms with van der Waals surface area (Å²) in [5.74, 6) is -0.809. The third-order valence-corrected chi connectivity index (χ3v) is 3.09. The lowest BCUT2D eigenvalue weighted by molar-refractivity contribution is -0.383. The van der Waals surface area contributed by atoms with Crippen LogP contribution in [-0.4, -0.2) is 22.4 Å². The Balaban J connectivity index is 2.38. The molecule has 1 aromatic carbocycles. The van der Waals surface area contributed by atoms with Crippen molar-refractivity contribution in [3.05, 3.63) is 33.9 Å². The Kier molecular flexibility index (Phi) is 3.97. The number of amides is 2. The van der Waals surface area contributed by atoms with Crippen molar-refractivity contribution in [2.45, 2.75) is 20.3 Å². The van der Waals surface area contributed by atoms with Crippen LogP contribution in [0.5, 0.6) is 0 Å². The molecular formula is C13H14N4O4. The van der Waals surface area contributed by atoms with Gasteiger partial charge in [-0.3, -0.25) is 19.7 Å². The highest BCUT2D eigenvalue weighted by Crippen LogP contribution is 2.27. The van der Waals surface area contributed by atoms with Crippen molar-refractivity contribution >= 4 is 28.9 Å². The van der Waals surface area contributed by atoms with E-state index in [9.17, 15) is 19.7 Å². The SMILES string of the molecule is CC(=O)Nc1ccc(C2=NNC(=O)C(C)C2)cc1[N+](=O)[O-]. The van der Waals surface area contributed by atoms with Gasteiger partial charge in [-0.25, -0.2) is 5.43 Å². The molecule has 1 heterocycles. The fraction of sp³-hybridized carbons (Fsp3) is 0.308. The summed E-state index contributed by atoms with van der Waals surface area (Å²) in [6.45, 7) is 3.03. The minimum Gasteiger partial charge on any atom is -0.321 e. The summed E-state index contributed by atoms with van der Waals surface area (Å²) in [5, 5.41) is 17.4. The minimum absolute atomic E-state index is 0.129. The molecule has 1 aliphatic heterocycles. The zero-order valence-corrected chi connectivity index (χ0v) is 11.5. The Morgan fingerprint density at radius 2 is 2.24 bits per heavy atom. The van der Waals surface area contributed by atoms with Crippen LogP contribution in [0.15, 0.2) is 23.3 Å². The van der Waals surface area contributed by atoms with Crippen molar-refractivity contribution in [1.29, 1.82) is 0 Å². The Morgan fingerprint density at radius 3 is 2.81 bits per heavy atom. The van der Waals surface area contributed by atoms with E-state index in [4.69, 9.17) is 0 Å². The first-order valence-corrected chi connectivity index (χ1v) is 6.31. The van der Waals surface area contributed by atoms with Gasteiger partial charge in [-0.2, -0.15) is 5.10 Å². The third-order valence-electron chi connectivity index (χ3n) is 3.09. The van der Waals surface area contributed by atoms with Crippen molar-refractivity contribution < 1.29 is 14.5 Å². The molecule has 1 aliphatic rings. The lowest BCUT2D eigenvalue weighted by atomic mass is 9.96. The first kappa shape index (κ1) is 14.6. The molecule has 0 spiro atoms. The van der Waals surface area contributed by atoms with E-state index in [1.807, 2.05) is 0 Å². The second-order valence-corrected chi connectivity index (χ2v) is 4.81. The van der Waals surface area contributed by atoms with Crippen LogP contribution in [0.4, 0.5) is 11.4 Å². The molecule has 0 bridgehead atoms. The van der Waals surface area contributed by atoms with Crippen LogP contribution in [0.1, 0.15) is 25.8 Å². The molecule has 2 rings (SSSR count). The smallest absolute Gasteiger partial charge is 0.293 e. The van der Waals surface area contributed by atoms with Crippen LogP contribution in [-0.2, 0) is 9.59 Å². The monoisotopic (exact) mass is 290 g/mol. The highest BCUT2D eigenvalue weighted by molar-refractivity contribution is 6.06. The number of hydrogen-bond donors (Lipinski definition) is 2. The number of rotatable bonds is 3. The van der Waals surface area contributed by atoms with Gasteiger partial charge in [-0.15, -0.1) is 0 Å². The summed E-state index contributed by atoms with van der Waals surface area (Å²) in [4.78, 5) is 32.9. The van der Waals surface area contributed by atoms with Crippen LogP contribution >= 0.6 is 0 Å². The number of hydrazone groups is 1. The maximum atomic E-state index is 11.3. The average Bonchev–Trinajstić information content (AvgIpc) is 2.41. The van der Waals surface area contributed by atoms with Crippen molar-refractivity contribution in [3.63, 3.8) is 0 Å². The van der Waals surface area contributed by atoms with Gasteiger partial charge in [-0.05, 0) is 6.07 Å². The number of nitro benzene ring substituents is 1. The number of nitro groups is 1. The molecule has 0 saturated heterocycles.